The van der Waals surface area contributed by atoms with E-state index in [1.165, 1.54) is 32.4 Å². The highest BCUT2D eigenvalue weighted by Gasteiger charge is 2.28. The first-order valence-electron chi connectivity index (χ1n) is 9.59. The van der Waals surface area contributed by atoms with Crippen molar-refractivity contribution in [1.29, 1.82) is 0 Å². The van der Waals surface area contributed by atoms with Gasteiger partial charge in [-0.15, -0.1) is 0 Å². The minimum absolute atomic E-state index is 0.0493. The van der Waals surface area contributed by atoms with Crippen LogP contribution in [0.4, 0.5) is 0 Å². The van der Waals surface area contributed by atoms with Crippen LogP contribution in [0.15, 0.2) is 36.4 Å². The van der Waals surface area contributed by atoms with Crippen molar-refractivity contribution in [3.63, 3.8) is 0 Å². The summed E-state index contributed by atoms with van der Waals surface area (Å²) in [5.41, 5.74) is 0.142. The van der Waals surface area contributed by atoms with E-state index >= 15 is 0 Å². The molecule has 0 saturated heterocycles. The second kappa shape index (κ2) is 9.82. The maximum atomic E-state index is 12.9. The van der Waals surface area contributed by atoms with E-state index in [0.717, 1.165) is 7.11 Å². The largest absolute Gasteiger partial charge is 0.618 e. The van der Waals surface area contributed by atoms with Crippen LogP contribution >= 0.6 is 0 Å². The molecule has 0 fully saturated rings. The fourth-order valence-electron chi connectivity index (χ4n) is 2.99. The number of fused-ring (bicyclic) bond motifs is 1. The summed E-state index contributed by atoms with van der Waals surface area (Å²) >= 11 is 0. The van der Waals surface area contributed by atoms with E-state index in [0.29, 0.717) is 34.1 Å². The van der Waals surface area contributed by atoms with Gasteiger partial charge in [-0.3, -0.25) is 0 Å². The predicted octanol–water partition coefficient (Wildman–Crippen LogP) is 2.43. The van der Waals surface area contributed by atoms with Crippen molar-refractivity contribution >= 4 is 23.0 Å². The molecule has 0 bridgehead atoms. The summed E-state index contributed by atoms with van der Waals surface area (Å²) in [7, 11) is 4.05. The van der Waals surface area contributed by atoms with E-state index in [-0.39, 0.29) is 22.5 Å². The third kappa shape index (κ3) is 4.64. The molecule has 10 nitrogen and oxygen atoms in total. The molecule has 0 aliphatic heterocycles. The van der Waals surface area contributed by atoms with E-state index in [9.17, 15) is 14.8 Å². The van der Waals surface area contributed by atoms with Crippen molar-refractivity contribution in [3.05, 3.63) is 58.6 Å². The van der Waals surface area contributed by atoms with Crippen molar-refractivity contribution in [2.24, 2.45) is 0 Å². The van der Waals surface area contributed by atoms with Crippen LogP contribution in [-0.2, 0) is 16.1 Å². The van der Waals surface area contributed by atoms with E-state index < -0.39 is 18.5 Å². The van der Waals surface area contributed by atoms with Gasteiger partial charge >= 0.3 is 17.6 Å². The standard InChI is InChI=1S/C22H22N2O8/c1-5-31-14-6-7-17-19(11-14)24(27)20(22(26)30-4)18(23-17)12-32-21(25)13-8-15(28-2)10-16(9-13)29-3/h6-11H,5,12H2,1-4H3. The third-order valence-corrected chi connectivity index (χ3v) is 4.51. The molecule has 32 heavy (non-hydrogen) atoms. The van der Waals surface area contributed by atoms with Gasteiger partial charge in [0.05, 0.1) is 39.6 Å². The second-order valence-corrected chi connectivity index (χ2v) is 6.45. The van der Waals surface area contributed by atoms with Crippen molar-refractivity contribution in [2.45, 2.75) is 13.5 Å². The van der Waals surface area contributed by atoms with Crippen LogP contribution in [0, 0.1) is 5.21 Å². The molecular weight excluding hydrogens is 420 g/mol. The Morgan fingerprint density at radius 3 is 2.25 bits per heavy atom. The molecule has 0 amide bonds. The van der Waals surface area contributed by atoms with Gasteiger partial charge < -0.3 is 28.9 Å². The molecule has 0 aliphatic rings. The van der Waals surface area contributed by atoms with Gasteiger partial charge in [0.25, 0.3) is 0 Å². The zero-order chi connectivity index (χ0) is 23.3. The summed E-state index contributed by atoms with van der Waals surface area (Å²) in [6.45, 7) is 1.78. The van der Waals surface area contributed by atoms with Gasteiger partial charge in [-0.05, 0) is 31.2 Å². The smallest absolute Gasteiger partial charge is 0.406 e. The summed E-state index contributed by atoms with van der Waals surface area (Å²) in [5.74, 6) is -0.376. The molecule has 0 unspecified atom stereocenters. The third-order valence-electron chi connectivity index (χ3n) is 4.51. The zero-order valence-electron chi connectivity index (χ0n) is 18.0. The lowest BCUT2D eigenvalue weighted by molar-refractivity contribution is -0.581. The number of nitrogens with zero attached hydrogens (tertiary/aromatic N) is 2. The summed E-state index contributed by atoms with van der Waals surface area (Å²) in [6, 6.07) is 9.26. The molecule has 10 heteroatoms. The molecule has 0 radical (unpaired) electrons. The molecular formula is C22H22N2O8. The number of hydrogen-bond donors (Lipinski definition) is 0. The van der Waals surface area contributed by atoms with Gasteiger partial charge in [-0.2, -0.15) is 4.73 Å². The van der Waals surface area contributed by atoms with Gasteiger partial charge in [0.15, 0.2) is 5.69 Å². The van der Waals surface area contributed by atoms with E-state index in [1.807, 2.05) is 6.92 Å². The van der Waals surface area contributed by atoms with Crippen LogP contribution < -0.4 is 18.9 Å². The number of rotatable bonds is 8. The first-order chi connectivity index (χ1) is 15.4. The fraction of sp³-hybridized carbons (Fsp3) is 0.273. The van der Waals surface area contributed by atoms with Gasteiger partial charge in [-0.25, -0.2) is 14.6 Å². The molecule has 3 rings (SSSR count). The highest BCUT2D eigenvalue weighted by molar-refractivity contribution is 5.91. The Labute approximate surface area is 183 Å². The van der Waals surface area contributed by atoms with Crippen molar-refractivity contribution < 1.29 is 38.0 Å². The van der Waals surface area contributed by atoms with Crippen LogP contribution in [-0.4, -0.2) is 44.9 Å². The highest BCUT2D eigenvalue weighted by atomic mass is 16.5. The Bertz CT molecular complexity index is 1140. The Balaban J connectivity index is 1.96. The van der Waals surface area contributed by atoms with Crippen molar-refractivity contribution in [2.75, 3.05) is 27.9 Å². The minimum Gasteiger partial charge on any atom is -0.618 e. The van der Waals surface area contributed by atoms with E-state index in [2.05, 4.69) is 4.98 Å². The maximum absolute atomic E-state index is 12.9. The minimum atomic E-state index is -0.912. The zero-order valence-corrected chi connectivity index (χ0v) is 18.0. The lowest BCUT2D eigenvalue weighted by atomic mass is 10.2. The summed E-state index contributed by atoms with van der Waals surface area (Å²) < 4.78 is 26.2. The SMILES string of the molecule is CCOc1ccc2nc(COC(=O)c3cc(OC)cc(OC)c3)c(C(=O)OC)[n+]([O-])c2c1. The van der Waals surface area contributed by atoms with Crippen LogP contribution in [0.1, 0.15) is 33.5 Å². The molecule has 0 N–H and O–H groups in total. The van der Waals surface area contributed by atoms with Crippen molar-refractivity contribution in [3.8, 4) is 17.2 Å². The molecule has 168 valence electrons. The Hall–Kier alpha value is -4.08. The first-order valence-corrected chi connectivity index (χ1v) is 9.59. The van der Waals surface area contributed by atoms with E-state index in [1.54, 1.807) is 18.2 Å². The molecule has 0 saturated carbocycles. The molecule has 0 aliphatic carbocycles. The highest BCUT2D eigenvalue weighted by Crippen LogP contribution is 2.24. The van der Waals surface area contributed by atoms with Gasteiger partial charge in [0.2, 0.25) is 5.52 Å². The van der Waals surface area contributed by atoms with Crippen LogP contribution in [0.3, 0.4) is 0 Å². The fourth-order valence-corrected chi connectivity index (χ4v) is 2.99. The van der Waals surface area contributed by atoms with Crippen LogP contribution in [0.25, 0.3) is 11.0 Å². The molecule has 2 aromatic carbocycles. The average Bonchev–Trinajstić information content (AvgIpc) is 2.82. The number of methoxy groups -OCH3 is 3. The topological polar surface area (TPSA) is 120 Å². The summed E-state index contributed by atoms with van der Waals surface area (Å²) in [5, 5.41) is 12.9. The van der Waals surface area contributed by atoms with Crippen molar-refractivity contribution in [1.82, 2.24) is 4.98 Å². The normalized spacial score (nSPS) is 10.5. The number of esters is 2. The predicted molar refractivity (Wildman–Crippen MR) is 112 cm³/mol. The first kappa shape index (κ1) is 22.6. The number of carbonyl (C=O) groups is 2. The van der Waals surface area contributed by atoms with Gasteiger partial charge in [-0.1, -0.05) is 0 Å². The molecule has 0 atom stereocenters. The molecule has 0 spiro atoms. The van der Waals surface area contributed by atoms with E-state index in [4.69, 9.17) is 23.7 Å². The monoisotopic (exact) mass is 442 g/mol. The Kier molecular flexibility index (Phi) is 6.93. The second-order valence-electron chi connectivity index (χ2n) is 6.45. The number of carbonyl (C=O) groups excluding carboxylic acids is 2. The van der Waals surface area contributed by atoms with Crippen LogP contribution in [0.2, 0.25) is 0 Å². The number of benzene rings is 2. The number of ether oxygens (including phenoxy) is 5. The number of aromatic nitrogens is 2. The lowest BCUT2D eigenvalue weighted by Crippen LogP contribution is -2.38. The lowest BCUT2D eigenvalue weighted by Gasteiger charge is -2.12. The summed E-state index contributed by atoms with van der Waals surface area (Å²) in [4.78, 5) is 29.2. The Morgan fingerprint density at radius 1 is 0.969 bits per heavy atom. The maximum Gasteiger partial charge on any atom is 0.406 e. The average molecular weight is 442 g/mol. The molecule has 1 aromatic heterocycles. The number of hydrogen-bond acceptors (Lipinski definition) is 9. The summed E-state index contributed by atoms with van der Waals surface area (Å²) in [6.07, 6.45) is 0. The van der Waals surface area contributed by atoms with Crippen LogP contribution in [0.5, 0.6) is 17.2 Å². The molecule has 1 heterocycles. The quantitative estimate of drug-likeness (QED) is 0.294. The van der Waals surface area contributed by atoms with Gasteiger partial charge in [0, 0.05) is 6.07 Å². The Morgan fingerprint density at radius 2 is 1.66 bits per heavy atom. The molecule has 3 aromatic rings. The van der Waals surface area contributed by atoms with Gasteiger partial charge in [0.1, 0.15) is 29.4 Å².